The summed E-state index contributed by atoms with van der Waals surface area (Å²) >= 11 is 0. The van der Waals surface area contributed by atoms with Crippen LogP contribution in [0.25, 0.3) is 0 Å². The van der Waals surface area contributed by atoms with Crippen molar-refractivity contribution in [2.24, 2.45) is 4.99 Å². The average molecular weight is 487 g/mol. The number of likely N-dealkylation sites (N-methyl/N-ethyl adjacent to an activating group) is 1. The lowest BCUT2D eigenvalue weighted by atomic mass is 10.0. The van der Waals surface area contributed by atoms with Gasteiger partial charge in [0, 0.05) is 51.7 Å². The molecule has 0 saturated carbocycles. The molecule has 1 fully saturated rings. The van der Waals surface area contributed by atoms with Crippen molar-refractivity contribution in [2.45, 2.75) is 32.6 Å². The van der Waals surface area contributed by atoms with Gasteiger partial charge in [0.05, 0.1) is 0 Å². The van der Waals surface area contributed by atoms with Crippen LogP contribution in [0.2, 0.25) is 0 Å². The number of unbranched alkanes of at least 4 members (excludes halogenated alkanes) is 1. The summed E-state index contributed by atoms with van der Waals surface area (Å²) in [5, 5.41) is 6.84. The Morgan fingerprint density at radius 2 is 1.78 bits per heavy atom. The van der Waals surface area contributed by atoms with Crippen LogP contribution in [-0.2, 0) is 0 Å². The first-order valence-electron chi connectivity index (χ1n) is 10.2. The maximum Gasteiger partial charge on any atom is 0.191 e. The minimum atomic E-state index is 0. The van der Waals surface area contributed by atoms with E-state index in [1.54, 1.807) is 0 Å². The highest BCUT2D eigenvalue weighted by Crippen LogP contribution is 2.14. The van der Waals surface area contributed by atoms with Gasteiger partial charge in [-0.15, -0.1) is 24.0 Å². The zero-order valence-corrected chi connectivity index (χ0v) is 19.6. The zero-order valence-electron chi connectivity index (χ0n) is 17.3. The molecule has 154 valence electrons. The second-order valence-corrected chi connectivity index (χ2v) is 7.31. The Morgan fingerprint density at radius 1 is 1.07 bits per heavy atom. The monoisotopic (exact) mass is 487 g/mol. The Morgan fingerprint density at radius 3 is 2.44 bits per heavy atom. The molecule has 1 saturated heterocycles. The second-order valence-electron chi connectivity index (χ2n) is 7.31. The van der Waals surface area contributed by atoms with Crippen molar-refractivity contribution in [1.82, 2.24) is 20.4 Å². The van der Waals surface area contributed by atoms with Crippen LogP contribution in [0, 0.1) is 0 Å². The lowest BCUT2D eigenvalue weighted by molar-refractivity contribution is 0.152. The molecule has 1 aromatic rings. The lowest BCUT2D eigenvalue weighted by Gasteiger charge is -2.32. The predicted molar refractivity (Wildman–Crippen MR) is 127 cm³/mol. The van der Waals surface area contributed by atoms with E-state index < -0.39 is 0 Å². The number of rotatable bonds is 9. The van der Waals surface area contributed by atoms with E-state index in [9.17, 15) is 0 Å². The molecule has 0 spiro atoms. The molecule has 0 bridgehead atoms. The Bertz CT molecular complexity index is 515. The molecule has 0 radical (unpaired) electrons. The fraction of sp³-hybridized carbons (Fsp3) is 0.667. The number of hydrogen-bond acceptors (Lipinski definition) is 3. The topological polar surface area (TPSA) is 42.9 Å². The third kappa shape index (κ3) is 9.76. The molecule has 2 N–H and O–H groups in total. The van der Waals surface area contributed by atoms with E-state index in [1.807, 2.05) is 0 Å². The van der Waals surface area contributed by atoms with E-state index in [4.69, 9.17) is 4.99 Å². The minimum absolute atomic E-state index is 0. The number of hydrogen-bond donors (Lipinski definition) is 2. The van der Waals surface area contributed by atoms with Crippen molar-refractivity contribution in [2.75, 3.05) is 59.4 Å². The van der Waals surface area contributed by atoms with Gasteiger partial charge in [-0.25, -0.2) is 0 Å². The smallest absolute Gasteiger partial charge is 0.191 e. The van der Waals surface area contributed by atoms with E-state index in [0.717, 1.165) is 25.6 Å². The van der Waals surface area contributed by atoms with Gasteiger partial charge in [0.25, 0.3) is 0 Å². The van der Waals surface area contributed by atoms with E-state index in [0.29, 0.717) is 5.92 Å². The summed E-state index contributed by atoms with van der Waals surface area (Å²) in [6.45, 7) is 13.1. The summed E-state index contributed by atoms with van der Waals surface area (Å²) in [6.07, 6.45) is 2.43. The molecule has 1 aliphatic rings. The quantitative estimate of drug-likeness (QED) is 0.243. The van der Waals surface area contributed by atoms with Crippen LogP contribution in [-0.4, -0.2) is 75.2 Å². The fourth-order valence-corrected chi connectivity index (χ4v) is 3.20. The Hall–Kier alpha value is -0.860. The SMILES string of the molecule is CCNC(=NCC(C)c1ccccc1)NCCCCN1CCN(C)CC1.I. The van der Waals surface area contributed by atoms with Crippen LogP contribution in [0.15, 0.2) is 35.3 Å². The van der Waals surface area contributed by atoms with Crippen LogP contribution < -0.4 is 10.6 Å². The van der Waals surface area contributed by atoms with Gasteiger partial charge in [0.1, 0.15) is 0 Å². The highest BCUT2D eigenvalue weighted by atomic mass is 127. The number of benzene rings is 1. The first-order valence-corrected chi connectivity index (χ1v) is 10.2. The molecule has 1 unspecified atom stereocenters. The van der Waals surface area contributed by atoms with E-state index in [1.165, 1.54) is 51.1 Å². The minimum Gasteiger partial charge on any atom is -0.357 e. The summed E-state index contributed by atoms with van der Waals surface area (Å²) in [4.78, 5) is 9.76. The van der Waals surface area contributed by atoms with Gasteiger partial charge in [-0.05, 0) is 38.9 Å². The average Bonchev–Trinajstić information content (AvgIpc) is 2.67. The Kier molecular flexibility index (Phi) is 12.7. The molecule has 5 nitrogen and oxygen atoms in total. The molecule has 27 heavy (non-hydrogen) atoms. The van der Waals surface area contributed by atoms with Gasteiger partial charge in [-0.2, -0.15) is 0 Å². The molecule has 0 aromatic heterocycles. The number of nitrogens with one attached hydrogen (secondary N) is 2. The standard InChI is InChI=1S/C21H37N5.HI/c1-4-22-21(24-18-19(2)20-10-6-5-7-11-20)23-12-8-9-13-26-16-14-25(3)15-17-26;/h5-7,10-11,19H,4,8-9,12-18H2,1-3H3,(H2,22,23,24);1H. The molecular formula is C21H38IN5. The summed E-state index contributed by atoms with van der Waals surface area (Å²) in [6, 6.07) is 10.6. The molecule has 1 heterocycles. The van der Waals surface area contributed by atoms with Crippen LogP contribution in [0.1, 0.15) is 38.2 Å². The van der Waals surface area contributed by atoms with Crippen molar-refractivity contribution in [1.29, 1.82) is 0 Å². The molecule has 2 rings (SSSR count). The van der Waals surface area contributed by atoms with Crippen LogP contribution >= 0.6 is 24.0 Å². The van der Waals surface area contributed by atoms with E-state index in [-0.39, 0.29) is 24.0 Å². The fourth-order valence-electron chi connectivity index (χ4n) is 3.20. The first-order chi connectivity index (χ1) is 12.7. The largest absolute Gasteiger partial charge is 0.357 e. The van der Waals surface area contributed by atoms with Crippen LogP contribution in [0.5, 0.6) is 0 Å². The highest BCUT2D eigenvalue weighted by Gasteiger charge is 2.12. The zero-order chi connectivity index (χ0) is 18.6. The van der Waals surface area contributed by atoms with Crippen LogP contribution in [0.4, 0.5) is 0 Å². The van der Waals surface area contributed by atoms with Gasteiger partial charge in [-0.1, -0.05) is 37.3 Å². The number of halogens is 1. The summed E-state index contributed by atoms with van der Waals surface area (Å²) < 4.78 is 0. The molecule has 1 atom stereocenters. The van der Waals surface area contributed by atoms with E-state index in [2.05, 4.69) is 71.7 Å². The van der Waals surface area contributed by atoms with Gasteiger partial charge in [-0.3, -0.25) is 4.99 Å². The summed E-state index contributed by atoms with van der Waals surface area (Å²) in [7, 11) is 2.21. The van der Waals surface area contributed by atoms with Crippen molar-refractivity contribution < 1.29 is 0 Å². The van der Waals surface area contributed by atoms with E-state index >= 15 is 0 Å². The van der Waals surface area contributed by atoms with Gasteiger partial charge in [0.15, 0.2) is 5.96 Å². The molecule has 1 aliphatic heterocycles. The van der Waals surface area contributed by atoms with Crippen molar-refractivity contribution in [3.8, 4) is 0 Å². The van der Waals surface area contributed by atoms with Crippen molar-refractivity contribution in [3.05, 3.63) is 35.9 Å². The third-order valence-electron chi connectivity index (χ3n) is 5.03. The number of nitrogens with zero attached hydrogens (tertiary/aromatic N) is 3. The number of aliphatic imine (C=N–C) groups is 1. The van der Waals surface area contributed by atoms with Crippen molar-refractivity contribution >= 4 is 29.9 Å². The molecular weight excluding hydrogens is 449 g/mol. The maximum atomic E-state index is 4.76. The molecule has 0 amide bonds. The molecule has 6 heteroatoms. The predicted octanol–water partition coefficient (Wildman–Crippen LogP) is 2.99. The summed E-state index contributed by atoms with van der Waals surface area (Å²) in [5.41, 5.74) is 1.35. The normalized spacial score (nSPS) is 17.2. The molecule has 0 aliphatic carbocycles. The Labute approximate surface area is 183 Å². The number of piperazine rings is 1. The third-order valence-corrected chi connectivity index (χ3v) is 5.03. The summed E-state index contributed by atoms with van der Waals surface area (Å²) in [5.74, 6) is 1.37. The number of guanidine groups is 1. The van der Waals surface area contributed by atoms with Gasteiger partial charge >= 0.3 is 0 Å². The van der Waals surface area contributed by atoms with Crippen molar-refractivity contribution in [3.63, 3.8) is 0 Å². The molecule has 1 aromatic carbocycles. The van der Waals surface area contributed by atoms with Gasteiger partial charge < -0.3 is 20.4 Å². The lowest BCUT2D eigenvalue weighted by Crippen LogP contribution is -2.44. The second kappa shape index (κ2) is 14.2. The van der Waals surface area contributed by atoms with Crippen LogP contribution in [0.3, 0.4) is 0 Å². The van der Waals surface area contributed by atoms with Gasteiger partial charge in [0.2, 0.25) is 0 Å². The Balaban J connectivity index is 0.00000364. The maximum absolute atomic E-state index is 4.76. The highest BCUT2D eigenvalue weighted by molar-refractivity contribution is 14.0. The first kappa shape index (κ1) is 24.2.